The molecule has 0 rings (SSSR count). The predicted octanol–water partition coefficient (Wildman–Crippen LogP) is 3.20. The van der Waals surface area contributed by atoms with Gasteiger partial charge >= 0.3 is 6.18 Å². The highest BCUT2D eigenvalue weighted by atomic mass is 35.5. The monoisotopic (exact) mass is 174 g/mol. The van der Waals surface area contributed by atoms with Gasteiger partial charge in [0.15, 0.2) is 0 Å². The third kappa shape index (κ3) is 4.91. The van der Waals surface area contributed by atoms with E-state index in [1.54, 1.807) is 0 Å². The first-order chi connectivity index (χ1) is 4.27. The van der Waals surface area contributed by atoms with Crippen LogP contribution in [0.3, 0.4) is 0 Å². The van der Waals surface area contributed by atoms with Gasteiger partial charge in [-0.3, -0.25) is 0 Å². The van der Waals surface area contributed by atoms with Crippen molar-refractivity contribution in [1.82, 2.24) is 0 Å². The van der Waals surface area contributed by atoms with E-state index in [4.69, 9.17) is 11.6 Å². The van der Waals surface area contributed by atoms with Crippen molar-refractivity contribution in [1.29, 1.82) is 0 Å². The van der Waals surface area contributed by atoms with E-state index in [0.29, 0.717) is 0 Å². The van der Waals surface area contributed by atoms with Crippen molar-refractivity contribution in [3.05, 3.63) is 0 Å². The molecule has 0 saturated carbocycles. The molecule has 4 heteroatoms. The third-order valence-electron chi connectivity index (χ3n) is 1.04. The van der Waals surface area contributed by atoms with Gasteiger partial charge in [0, 0.05) is 12.3 Å². The molecule has 0 aromatic rings. The normalized spacial score (nSPS) is 13.8. The maximum atomic E-state index is 11.7. The van der Waals surface area contributed by atoms with E-state index in [2.05, 4.69) is 0 Å². The van der Waals surface area contributed by atoms with Crippen molar-refractivity contribution >= 4 is 11.6 Å². The summed E-state index contributed by atoms with van der Waals surface area (Å²) in [5.74, 6) is 0.0342. The molecule has 0 fully saturated rings. The molecule has 0 heterocycles. The number of rotatable bonds is 2. The molecule has 0 aliphatic heterocycles. The highest BCUT2D eigenvalue weighted by Gasteiger charge is 2.35. The molecule has 0 radical (unpaired) electrons. The van der Waals surface area contributed by atoms with Gasteiger partial charge in [-0.05, 0) is 5.41 Å². The van der Waals surface area contributed by atoms with Crippen LogP contribution >= 0.6 is 11.6 Å². The van der Waals surface area contributed by atoms with Crippen molar-refractivity contribution in [3.63, 3.8) is 0 Å². The van der Waals surface area contributed by atoms with Crippen molar-refractivity contribution < 1.29 is 13.2 Å². The predicted molar refractivity (Wildman–Crippen MR) is 35.2 cm³/mol. The minimum atomic E-state index is -4.10. The molecule has 0 amide bonds. The number of hydrogen-bond acceptors (Lipinski definition) is 0. The second-order valence-corrected chi connectivity index (χ2v) is 3.36. The van der Waals surface area contributed by atoms with Gasteiger partial charge in [-0.2, -0.15) is 13.2 Å². The fourth-order valence-electron chi connectivity index (χ4n) is 0.590. The highest BCUT2D eigenvalue weighted by Crippen LogP contribution is 2.33. The van der Waals surface area contributed by atoms with E-state index in [0.717, 1.165) is 0 Å². The second-order valence-electron chi connectivity index (χ2n) is 3.09. The molecular formula is C6H10ClF3. The van der Waals surface area contributed by atoms with Gasteiger partial charge in [0.05, 0.1) is 0 Å². The van der Waals surface area contributed by atoms with Crippen LogP contribution in [0.2, 0.25) is 0 Å². The summed E-state index contributed by atoms with van der Waals surface area (Å²) in [5, 5.41) is 0. The van der Waals surface area contributed by atoms with Crippen molar-refractivity contribution in [2.45, 2.75) is 26.4 Å². The molecule has 0 aromatic carbocycles. The van der Waals surface area contributed by atoms with Gasteiger partial charge in [0.25, 0.3) is 0 Å². The molecule has 0 bridgehead atoms. The lowest BCUT2D eigenvalue weighted by molar-refractivity contribution is -0.151. The fourth-order valence-corrected chi connectivity index (χ4v) is 0.684. The number of halogens is 4. The van der Waals surface area contributed by atoms with Gasteiger partial charge in [0.1, 0.15) is 0 Å². The first-order valence-corrected chi connectivity index (χ1v) is 3.43. The lowest BCUT2D eigenvalue weighted by Gasteiger charge is -2.22. The van der Waals surface area contributed by atoms with Gasteiger partial charge in [-0.1, -0.05) is 13.8 Å². The summed E-state index contributed by atoms with van der Waals surface area (Å²) in [5.41, 5.74) is -0.834. The molecule has 0 atom stereocenters. The molecule has 62 valence electrons. The maximum Gasteiger partial charge on any atom is 0.389 e. The van der Waals surface area contributed by atoms with Gasteiger partial charge in [0.2, 0.25) is 0 Å². The van der Waals surface area contributed by atoms with E-state index in [9.17, 15) is 13.2 Å². The lowest BCUT2D eigenvalue weighted by Crippen LogP contribution is -2.23. The molecule has 0 nitrogen and oxygen atoms in total. The Labute approximate surface area is 63.4 Å². The SMILES string of the molecule is CC(C)(CCl)CC(F)(F)F. The van der Waals surface area contributed by atoms with Crippen molar-refractivity contribution in [2.75, 3.05) is 5.88 Å². The summed E-state index contributed by atoms with van der Waals surface area (Å²) in [4.78, 5) is 0. The average Bonchev–Trinajstić information content (AvgIpc) is 1.60. The molecule has 10 heavy (non-hydrogen) atoms. The Balaban J connectivity index is 3.89. The highest BCUT2D eigenvalue weighted by molar-refractivity contribution is 6.18. The summed E-state index contributed by atoms with van der Waals surface area (Å²) in [6.45, 7) is 2.99. The Morgan fingerprint density at radius 3 is 1.70 bits per heavy atom. The first-order valence-electron chi connectivity index (χ1n) is 2.89. The minimum Gasteiger partial charge on any atom is -0.171 e. The zero-order valence-corrected chi connectivity index (χ0v) is 6.68. The molecular weight excluding hydrogens is 165 g/mol. The molecule has 0 N–H and O–H groups in total. The van der Waals surface area contributed by atoms with Gasteiger partial charge in [-0.15, -0.1) is 11.6 Å². The van der Waals surface area contributed by atoms with Crippen molar-refractivity contribution in [3.8, 4) is 0 Å². The van der Waals surface area contributed by atoms with Crippen LogP contribution in [0.15, 0.2) is 0 Å². The average molecular weight is 175 g/mol. The fraction of sp³-hybridized carbons (Fsp3) is 1.00. The van der Waals surface area contributed by atoms with Crippen LogP contribution in [0, 0.1) is 5.41 Å². The zero-order chi connectivity index (χ0) is 8.41. The summed E-state index contributed by atoms with van der Waals surface area (Å²) in [6.07, 6.45) is -4.91. The van der Waals surface area contributed by atoms with E-state index in [-0.39, 0.29) is 5.88 Å². The molecule has 0 saturated heterocycles. The zero-order valence-electron chi connectivity index (χ0n) is 5.93. The third-order valence-corrected chi connectivity index (χ3v) is 1.76. The van der Waals surface area contributed by atoms with E-state index in [1.807, 2.05) is 0 Å². The topological polar surface area (TPSA) is 0 Å². The molecule has 0 aromatic heterocycles. The quantitative estimate of drug-likeness (QED) is 0.564. The van der Waals surface area contributed by atoms with E-state index < -0.39 is 18.0 Å². The minimum absolute atomic E-state index is 0.0342. The van der Waals surface area contributed by atoms with Crippen LogP contribution in [0.5, 0.6) is 0 Å². The van der Waals surface area contributed by atoms with E-state index in [1.165, 1.54) is 13.8 Å². The molecule has 0 unspecified atom stereocenters. The standard InChI is InChI=1S/C6H10ClF3/c1-5(2,4-7)3-6(8,9)10/h3-4H2,1-2H3. The maximum absolute atomic E-state index is 11.7. The Hall–Kier alpha value is 0.0800. The smallest absolute Gasteiger partial charge is 0.171 e. The summed E-state index contributed by atoms with van der Waals surface area (Å²) in [7, 11) is 0. The lowest BCUT2D eigenvalue weighted by atomic mass is 9.92. The van der Waals surface area contributed by atoms with Crippen LogP contribution in [0.4, 0.5) is 13.2 Å². The molecule has 0 aliphatic rings. The van der Waals surface area contributed by atoms with Crippen LogP contribution in [-0.4, -0.2) is 12.1 Å². The van der Waals surface area contributed by atoms with Crippen LogP contribution in [0.1, 0.15) is 20.3 Å². The van der Waals surface area contributed by atoms with Crippen LogP contribution in [-0.2, 0) is 0 Å². The van der Waals surface area contributed by atoms with E-state index >= 15 is 0 Å². The first kappa shape index (κ1) is 10.1. The molecule has 0 spiro atoms. The largest absolute Gasteiger partial charge is 0.389 e. The van der Waals surface area contributed by atoms with Crippen LogP contribution in [0.25, 0.3) is 0 Å². The number of alkyl halides is 4. The summed E-state index contributed by atoms with van der Waals surface area (Å²) in [6, 6.07) is 0. The Kier molecular flexibility index (Phi) is 3.01. The van der Waals surface area contributed by atoms with Crippen molar-refractivity contribution in [2.24, 2.45) is 5.41 Å². The Morgan fingerprint density at radius 2 is 1.60 bits per heavy atom. The van der Waals surface area contributed by atoms with Crippen LogP contribution < -0.4 is 0 Å². The Morgan fingerprint density at radius 1 is 1.20 bits per heavy atom. The Bertz CT molecular complexity index is 106. The molecule has 0 aliphatic carbocycles. The second kappa shape index (κ2) is 2.99. The number of hydrogen-bond donors (Lipinski definition) is 0. The van der Waals surface area contributed by atoms with Gasteiger partial charge < -0.3 is 0 Å². The summed E-state index contributed by atoms with van der Waals surface area (Å²) < 4.78 is 35.0. The van der Waals surface area contributed by atoms with Gasteiger partial charge in [-0.25, -0.2) is 0 Å². The summed E-state index contributed by atoms with van der Waals surface area (Å²) >= 11 is 5.30.